The first-order chi connectivity index (χ1) is 13.9. The lowest BCUT2D eigenvalue weighted by Crippen LogP contribution is -2.15. The van der Waals surface area contributed by atoms with Crippen LogP contribution in [0.15, 0.2) is 44.8 Å². The molecule has 3 heterocycles. The summed E-state index contributed by atoms with van der Waals surface area (Å²) in [5.41, 5.74) is 2.14. The smallest absolute Gasteiger partial charge is 0.271 e. The van der Waals surface area contributed by atoms with Crippen molar-refractivity contribution < 1.29 is 9.32 Å². The van der Waals surface area contributed by atoms with Crippen molar-refractivity contribution in [3.8, 4) is 5.69 Å². The largest absolute Gasteiger partial charge is 0.360 e. The maximum absolute atomic E-state index is 12.5. The number of thiazole rings is 1. The molecule has 0 aliphatic rings. The predicted molar refractivity (Wildman–Crippen MR) is 116 cm³/mol. The lowest BCUT2D eigenvalue weighted by Gasteiger charge is -2.06. The number of hydrogen-bond acceptors (Lipinski definition) is 8. The molecule has 0 bridgehead atoms. The summed E-state index contributed by atoms with van der Waals surface area (Å²) in [6, 6.07) is 9.43. The van der Waals surface area contributed by atoms with Crippen LogP contribution >= 0.6 is 35.3 Å². The molecule has 11 heteroatoms. The Morgan fingerprint density at radius 3 is 2.79 bits per heavy atom. The van der Waals surface area contributed by atoms with Gasteiger partial charge in [0, 0.05) is 11.8 Å². The summed E-state index contributed by atoms with van der Waals surface area (Å²) in [6.45, 7) is 3.73. The number of carbonyl (C=O) groups is 1. The van der Waals surface area contributed by atoms with Crippen LogP contribution in [0, 0.1) is 17.8 Å². The first-order valence-corrected chi connectivity index (χ1v) is 10.7. The van der Waals surface area contributed by atoms with E-state index in [1.165, 1.54) is 11.3 Å². The molecule has 1 amide bonds. The van der Waals surface area contributed by atoms with E-state index in [-0.39, 0.29) is 17.2 Å². The van der Waals surface area contributed by atoms with Crippen LogP contribution in [-0.2, 0) is 4.79 Å². The second kappa shape index (κ2) is 7.93. The van der Waals surface area contributed by atoms with E-state index in [0.717, 1.165) is 23.0 Å². The van der Waals surface area contributed by atoms with Crippen molar-refractivity contribution in [1.29, 1.82) is 0 Å². The van der Waals surface area contributed by atoms with E-state index in [1.54, 1.807) is 17.6 Å². The van der Waals surface area contributed by atoms with Gasteiger partial charge >= 0.3 is 0 Å². The number of aromatic nitrogens is 4. The van der Waals surface area contributed by atoms with E-state index < -0.39 is 0 Å². The molecule has 0 unspecified atom stereocenters. The number of rotatable bonds is 5. The molecule has 0 fully saturated rings. The average molecular weight is 446 g/mol. The highest BCUT2D eigenvalue weighted by molar-refractivity contribution is 7.99. The van der Waals surface area contributed by atoms with Crippen molar-refractivity contribution in [3.63, 3.8) is 0 Å². The number of nitrogens with zero attached hydrogens (tertiary/aromatic N) is 3. The number of aromatic amines is 1. The van der Waals surface area contributed by atoms with Gasteiger partial charge in [0.1, 0.15) is 10.5 Å². The fourth-order valence-electron chi connectivity index (χ4n) is 2.62. The number of nitrogens with one attached hydrogen (secondary N) is 2. The third-order valence-corrected chi connectivity index (χ3v) is 6.18. The number of anilines is 1. The molecule has 4 aromatic rings. The average Bonchev–Trinajstić information content (AvgIpc) is 3.23. The molecule has 0 saturated heterocycles. The van der Waals surface area contributed by atoms with E-state index in [9.17, 15) is 9.59 Å². The van der Waals surface area contributed by atoms with Crippen molar-refractivity contribution in [1.82, 2.24) is 19.7 Å². The van der Waals surface area contributed by atoms with Crippen molar-refractivity contribution in [2.45, 2.75) is 19.0 Å². The molecule has 2 N–H and O–H groups in total. The van der Waals surface area contributed by atoms with E-state index in [2.05, 4.69) is 20.4 Å². The minimum Gasteiger partial charge on any atom is -0.360 e. The Labute approximate surface area is 178 Å². The number of thioether (sulfide) groups is 1. The highest BCUT2D eigenvalue weighted by Gasteiger charge is 2.15. The molecule has 0 aliphatic heterocycles. The Morgan fingerprint density at radius 2 is 2.10 bits per heavy atom. The van der Waals surface area contributed by atoms with Gasteiger partial charge in [-0.15, -0.1) is 0 Å². The molecular formula is C18H15N5O3S3. The summed E-state index contributed by atoms with van der Waals surface area (Å²) in [6.07, 6.45) is 0. The number of benzene rings is 1. The number of amides is 1. The van der Waals surface area contributed by atoms with Gasteiger partial charge in [0.25, 0.3) is 5.56 Å². The highest BCUT2D eigenvalue weighted by atomic mass is 32.2. The van der Waals surface area contributed by atoms with Gasteiger partial charge in [-0.1, -0.05) is 46.0 Å². The Bertz CT molecular complexity index is 1320. The Kier molecular flexibility index (Phi) is 5.35. The molecular weight excluding hydrogens is 430 g/mol. The third-order valence-electron chi connectivity index (χ3n) is 3.95. The summed E-state index contributed by atoms with van der Waals surface area (Å²) in [5.74, 6) is 0.709. The maximum atomic E-state index is 12.5. The number of carbonyl (C=O) groups excluding carboxylic acids is 1. The van der Waals surface area contributed by atoms with E-state index in [4.69, 9.17) is 16.7 Å². The van der Waals surface area contributed by atoms with E-state index in [0.29, 0.717) is 31.0 Å². The van der Waals surface area contributed by atoms with Crippen LogP contribution in [0.25, 0.3) is 16.0 Å². The molecule has 29 heavy (non-hydrogen) atoms. The van der Waals surface area contributed by atoms with Crippen LogP contribution in [0.2, 0.25) is 0 Å². The molecule has 0 spiro atoms. The van der Waals surface area contributed by atoms with Gasteiger partial charge in [0.15, 0.2) is 20.6 Å². The van der Waals surface area contributed by atoms with Crippen LogP contribution in [0.1, 0.15) is 11.3 Å². The number of fused-ring (bicyclic) bond motifs is 1. The second-order valence-electron chi connectivity index (χ2n) is 6.22. The first-order valence-electron chi connectivity index (χ1n) is 8.49. The highest BCUT2D eigenvalue weighted by Crippen LogP contribution is 2.25. The Hall–Kier alpha value is -2.76. The summed E-state index contributed by atoms with van der Waals surface area (Å²) in [7, 11) is 0. The van der Waals surface area contributed by atoms with Gasteiger partial charge in [0.05, 0.1) is 5.75 Å². The monoisotopic (exact) mass is 445 g/mol. The summed E-state index contributed by atoms with van der Waals surface area (Å²) in [5, 5.41) is 6.68. The van der Waals surface area contributed by atoms with Crippen LogP contribution in [-0.4, -0.2) is 31.4 Å². The van der Waals surface area contributed by atoms with Crippen molar-refractivity contribution in [2.75, 3.05) is 11.1 Å². The fraction of sp³-hybridized carbons (Fsp3) is 0.167. The van der Waals surface area contributed by atoms with Crippen LogP contribution in [0.3, 0.4) is 0 Å². The summed E-state index contributed by atoms with van der Waals surface area (Å²) >= 11 is 7.78. The van der Waals surface area contributed by atoms with Crippen LogP contribution in [0.4, 0.5) is 5.82 Å². The SMILES string of the molecule is Cc1ccc(-n2c(=S)sc3c(=O)[nH]c(SCC(=O)Nc4cc(C)on4)nc32)cc1. The zero-order chi connectivity index (χ0) is 20.5. The standard InChI is InChI=1S/C18H15N5O3S3/c1-9-3-5-11(6-4-9)23-15-14(29-18(23)27)16(25)21-17(20-15)28-8-13(24)19-12-7-10(2)26-22-12/h3-7H,8H2,1-2H3,(H,19,22,24)(H,20,21,25). The zero-order valence-corrected chi connectivity index (χ0v) is 17.8. The third kappa shape index (κ3) is 4.16. The molecule has 148 valence electrons. The van der Waals surface area contributed by atoms with Crippen molar-refractivity contribution in [2.24, 2.45) is 0 Å². The molecule has 1 aromatic carbocycles. The number of aryl methyl sites for hydroxylation is 2. The quantitative estimate of drug-likeness (QED) is 0.273. The summed E-state index contributed by atoms with van der Waals surface area (Å²) in [4.78, 5) is 31.9. The maximum Gasteiger partial charge on any atom is 0.271 e. The predicted octanol–water partition coefficient (Wildman–Crippen LogP) is 3.84. The van der Waals surface area contributed by atoms with Gasteiger partial charge in [-0.3, -0.25) is 14.2 Å². The van der Waals surface area contributed by atoms with E-state index >= 15 is 0 Å². The Morgan fingerprint density at radius 1 is 1.34 bits per heavy atom. The topological polar surface area (TPSA) is 106 Å². The van der Waals surface area contributed by atoms with Crippen LogP contribution < -0.4 is 10.9 Å². The first kappa shape index (κ1) is 19.6. The minimum atomic E-state index is -0.285. The minimum absolute atomic E-state index is 0.0513. The molecule has 3 aromatic heterocycles. The lowest BCUT2D eigenvalue weighted by atomic mass is 10.2. The lowest BCUT2D eigenvalue weighted by molar-refractivity contribution is -0.113. The molecule has 0 aliphatic carbocycles. The van der Waals surface area contributed by atoms with Gasteiger partial charge in [-0.25, -0.2) is 4.98 Å². The van der Waals surface area contributed by atoms with E-state index in [1.807, 2.05) is 31.2 Å². The van der Waals surface area contributed by atoms with Gasteiger partial charge < -0.3 is 14.8 Å². The Balaban J connectivity index is 1.61. The number of hydrogen-bond donors (Lipinski definition) is 2. The van der Waals surface area contributed by atoms with Gasteiger partial charge in [-0.2, -0.15) is 0 Å². The molecule has 0 saturated carbocycles. The second-order valence-corrected chi connectivity index (χ2v) is 8.83. The fourth-order valence-corrected chi connectivity index (χ4v) is 4.55. The normalized spacial score (nSPS) is 11.1. The molecule has 0 radical (unpaired) electrons. The molecule has 8 nitrogen and oxygen atoms in total. The molecule has 0 atom stereocenters. The number of H-pyrrole nitrogens is 1. The van der Waals surface area contributed by atoms with Gasteiger partial charge in [0.2, 0.25) is 5.91 Å². The zero-order valence-electron chi connectivity index (χ0n) is 15.4. The summed E-state index contributed by atoms with van der Waals surface area (Å²) < 4.78 is 7.66. The van der Waals surface area contributed by atoms with Crippen molar-refractivity contribution in [3.05, 3.63) is 56.0 Å². The van der Waals surface area contributed by atoms with Crippen molar-refractivity contribution >= 4 is 57.4 Å². The van der Waals surface area contributed by atoms with Gasteiger partial charge in [-0.05, 0) is 38.2 Å². The molecule has 4 rings (SSSR count). The van der Waals surface area contributed by atoms with Crippen LogP contribution in [0.5, 0.6) is 0 Å².